The third kappa shape index (κ3) is 6.57. The van der Waals surface area contributed by atoms with Crippen LogP contribution < -0.4 is 16.0 Å². The lowest BCUT2D eigenvalue weighted by molar-refractivity contribution is 0.185. The van der Waals surface area contributed by atoms with Crippen molar-refractivity contribution in [3.8, 4) is 0 Å². The van der Waals surface area contributed by atoms with Crippen LogP contribution >= 0.6 is 24.0 Å². The quantitative estimate of drug-likeness (QED) is 0.343. The topological polar surface area (TPSA) is 91.9 Å². The Morgan fingerprint density at radius 2 is 1.86 bits per heavy atom. The van der Waals surface area contributed by atoms with E-state index >= 15 is 0 Å². The Bertz CT molecular complexity index is 736. The van der Waals surface area contributed by atoms with Gasteiger partial charge < -0.3 is 20.7 Å². The number of aliphatic imine (C=N–C) groups is 1. The highest BCUT2D eigenvalue weighted by Gasteiger charge is 2.18. The molecule has 3 N–H and O–H groups in total. The van der Waals surface area contributed by atoms with Gasteiger partial charge in [-0.3, -0.25) is 9.89 Å². The lowest BCUT2D eigenvalue weighted by Crippen LogP contribution is -2.47. The van der Waals surface area contributed by atoms with E-state index in [2.05, 4.69) is 30.1 Å². The molecule has 0 amide bonds. The van der Waals surface area contributed by atoms with E-state index in [0.29, 0.717) is 19.1 Å². The van der Waals surface area contributed by atoms with Crippen molar-refractivity contribution in [2.45, 2.75) is 6.61 Å². The van der Waals surface area contributed by atoms with Crippen molar-refractivity contribution in [3.05, 3.63) is 48.3 Å². The van der Waals surface area contributed by atoms with Gasteiger partial charge in [-0.2, -0.15) is 0 Å². The number of halogens is 1. The van der Waals surface area contributed by atoms with Crippen LogP contribution in [0.5, 0.6) is 0 Å². The van der Waals surface area contributed by atoms with Gasteiger partial charge in [-0.1, -0.05) is 18.2 Å². The van der Waals surface area contributed by atoms with Crippen molar-refractivity contribution in [2.75, 3.05) is 56.6 Å². The molecule has 9 heteroatoms. The third-order valence-corrected chi connectivity index (χ3v) is 4.49. The van der Waals surface area contributed by atoms with Crippen LogP contribution in [0.3, 0.4) is 0 Å². The minimum Gasteiger partial charge on any atom is -0.380 e. The first-order valence-electron chi connectivity index (χ1n) is 9.14. The maximum Gasteiger partial charge on any atom is 0.225 e. The lowest BCUT2D eigenvalue weighted by atomic mass is 10.2. The second-order valence-corrected chi connectivity index (χ2v) is 6.36. The first kappa shape index (κ1) is 22.3. The zero-order valence-electron chi connectivity index (χ0n) is 16.1. The highest BCUT2D eigenvalue weighted by atomic mass is 127. The zero-order chi connectivity index (χ0) is 18.9. The summed E-state index contributed by atoms with van der Waals surface area (Å²) in [5.41, 5.74) is 8.02. The Kier molecular flexibility index (Phi) is 9.38. The van der Waals surface area contributed by atoms with Gasteiger partial charge in [0.2, 0.25) is 5.95 Å². The molecule has 152 valence electrons. The Hall–Kier alpha value is -1.98. The summed E-state index contributed by atoms with van der Waals surface area (Å²) in [6, 6.07) is 9.76. The summed E-state index contributed by atoms with van der Waals surface area (Å²) >= 11 is 0. The minimum absolute atomic E-state index is 0. The molecule has 1 aromatic carbocycles. The molecule has 0 atom stereocenters. The first-order chi connectivity index (χ1) is 13.3. The lowest BCUT2D eigenvalue weighted by Gasteiger charge is -2.34. The fourth-order valence-electron chi connectivity index (χ4n) is 3.04. The number of anilines is 2. The molecule has 2 heterocycles. The number of guanidine groups is 1. The number of hydrogen-bond acceptors (Lipinski definition) is 6. The number of methoxy groups -OCH3 is 1. The van der Waals surface area contributed by atoms with E-state index in [4.69, 9.17) is 10.5 Å². The number of aromatic nitrogens is 2. The van der Waals surface area contributed by atoms with Crippen LogP contribution in [0.1, 0.15) is 5.56 Å². The Morgan fingerprint density at radius 1 is 1.14 bits per heavy atom. The number of nitrogens with one attached hydrogen (secondary N) is 1. The van der Waals surface area contributed by atoms with E-state index in [9.17, 15) is 0 Å². The average Bonchev–Trinajstić information content (AvgIpc) is 2.71. The molecule has 0 bridgehead atoms. The molecule has 1 aromatic heterocycles. The molecule has 0 saturated carbocycles. The van der Waals surface area contributed by atoms with Gasteiger partial charge in [-0.25, -0.2) is 9.97 Å². The number of ether oxygens (including phenoxy) is 1. The highest BCUT2D eigenvalue weighted by Crippen LogP contribution is 2.15. The van der Waals surface area contributed by atoms with Crippen LogP contribution in [0.25, 0.3) is 0 Å². The van der Waals surface area contributed by atoms with Crippen LogP contribution in [0, 0.1) is 0 Å². The maximum absolute atomic E-state index is 6.04. The predicted octanol–water partition coefficient (Wildman–Crippen LogP) is 1.79. The van der Waals surface area contributed by atoms with Gasteiger partial charge in [0.1, 0.15) is 0 Å². The number of rotatable bonds is 7. The molecule has 0 spiro atoms. The van der Waals surface area contributed by atoms with E-state index in [1.165, 1.54) is 0 Å². The molecule has 1 saturated heterocycles. The second-order valence-electron chi connectivity index (χ2n) is 6.36. The molecule has 3 rings (SSSR count). The van der Waals surface area contributed by atoms with Gasteiger partial charge in [-0.05, 0) is 12.1 Å². The summed E-state index contributed by atoms with van der Waals surface area (Å²) in [5.74, 6) is 1.23. The molecule has 1 fully saturated rings. The van der Waals surface area contributed by atoms with E-state index in [0.717, 1.165) is 49.9 Å². The van der Waals surface area contributed by atoms with Gasteiger partial charge in [0.25, 0.3) is 0 Å². The SMILES string of the molecule is COCc1ccccc1NC(N)=NCCN1CCN(c2ncccn2)CC1.I. The molecule has 1 aliphatic heterocycles. The summed E-state index contributed by atoms with van der Waals surface area (Å²) in [7, 11) is 1.68. The highest BCUT2D eigenvalue weighted by molar-refractivity contribution is 14.0. The summed E-state index contributed by atoms with van der Waals surface area (Å²) < 4.78 is 5.21. The monoisotopic (exact) mass is 497 g/mol. The fraction of sp³-hybridized carbons (Fsp3) is 0.421. The van der Waals surface area contributed by atoms with Gasteiger partial charge in [0.15, 0.2) is 5.96 Å². The molecule has 8 nitrogen and oxygen atoms in total. The smallest absolute Gasteiger partial charge is 0.225 e. The maximum atomic E-state index is 6.04. The van der Waals surface area contributed by atoms with Crippen molar-refractivity contribution < 1.29 is 4.74 Å². The normalized spacial score (nSPS) is 15.2. The molecule has 0 aliphatic carbocycles. The summed E-state index contributed by atoms with van der Waals surface area (Å²) in [5, 5.41) is 3.17. The summed E-state index contributed by atoms with van der Waals surface area (Å²) in [6.07, 6.45) is 3.56. The second kappa shape index (κ2) is 11.8. The van der Waals surface area contributed by atoms with Crippen LogP contribution in [-0.2, 0) is 11.3 Å². The summed E-state index contributed by atoms with van der Waals surface area (Å²) in [4.78, 5) is 17.7. The van der Waals surface area contributed by atoms with E-state index in [1.807, 2.05) is 30.3 Å². The van der Waals surface area contributed by atoms with Crippen LogP contribution in [0.2, 0.25) is 0 Å². The van der Waals surface area contributed by atoms with E-state index in [1.54, 1.807) is 19.5 Å². The number of piperazine rings is 1. The van der Waals surface area contributed by atoms with E-state index in [-0.39, 0.29) is 24.0 Å². The van der Waals surface area contributed by atoms with Gasteiger partial charge in [0, 0.05) is 63.5 Å². The Labute approximate surface area is 183 Å². The fourth-order valence-corrected chi connectivity index (χ4v) is 3.04. The molecule has 2 aromatic rings. The van der Waals surface area contributed by atoms with E-state index < -0.39 is 0 Å². The number of benzene rings is 1. The number of hydrogen-bond donors (Lipinski definition) is 2. The molecular formula is C19H28IN7O. The summed E-state index contributed by atoms with van der Waals surface area (Å²) in [6.45, 7) is 5.86. The average molecular weight is 497 g/mol. The van der Waals surface area contributed by atoms with Gasteiger partial charge in [0.05, 0.1) is 13.2 Å². The van der Waals surface area contributed by atoms with Crippen LogP contribution in [0.4, 0.5) is 11.6 Å². The molecule has 0 unspecified atom stereocenters. The van der Waals surface area contributed by atoms with Crippen molar-refractivity contribution in [3.63, 3.8) is 0 Å². The van der Waals surface area contributed by atoms with Gasteiger partial charge in [-0.15, -0.1) is 24.0 Å². The van der Waals surface area contributed by atoms with Crippen molar-refractivity contribution in [1.82, 2.24) is 14.9 Å². The minimum atomic E-state index is 0. The van der Waals surface area contributed by atoms with Crippen molar-refractivity contribution >= 4 is 41.6 Å². The third-order valence-electron chi connectivity index (χ3n) is 4.49. The number of nitrogens with two attached hydrogens (primary N) is 1. The largest absolute Gasteiger partial charge is 0.380 e. The van der Waals surface area contributed by atoms with Crippen molar-refractivity contribution in [1.29, 1.82) is 0 Å². The molecule has 1 aliphatic rings. The number of para-hydroxylation sites is 1. The standard InChI is InChI=1S/C19H27N7O.HI/c1-27-15-16-5-2-3-6-17(16)24-18(20)21-9-10-25-11-13-26(14-12-25)19-22-7-4-8-23-19;/h2-8H,9-15H2,1H3,(H3,20,21,24);1H. The molecular weight excluding hydrogens is 469 g/mol. The Morgan fingerprint density at radius 3 is 2.57 bits per heavy atom. The first-order valence-corrected chi connectivity index (χ1v) is 9.14. The predicted molar refractivity (Wildman–Crippen MR) is 123 cm³/mol. The Balaban J connectivity index is 0.00000280. The number of nitrogens with zero attached hydrogens (tertiary/aromatic N) is 5. The zero-order valence-corrected chi connectivity index (χ0v) is 18.5. The molecule has 0 radical (unpaired) electrons. The molecule has 28 heavy (non-hydrogen) atoms. The van der Waals surface area contributed by atoms with Crippen LogP contribution in [0.15, 0.2) is 47.7 Å². The van der Waals surface area contributed by atoms with Crippen molar-refractivity contribution in [2.24, 2.45) is 10.7 Å². The van der Waals surface area contributed by atoms with Crippen LogP contribution in [-0.4, -0.2) is 67.2 Å². The van der Waals surface area contributed by atoms with Gasteiger partial charge >= 0.3 is 0 Å².